The van der Waals surface area contributed by atoms with Gasteiger partial charge in [-0.1, -0.05) is 0 Å². The first-order chi connectivity index (χ1) is 6.79. The maximum atomic E-state index is 11.7. The van der Waals surface area contributed by atoms with Gasteiger partial charge in [-0.3, -0.25) is 4.79 Å². The highest BCUT2D eigenvalue weighted by Crippen LogP contribution is 2.44. The van der Waals surface area contributed by atoms with Crippen LogP contribution in [0.15, 0.2) is 0 Å². The second-order valence-electron chi connectivity index (χ2n) is 4.45. The van der Waals surface area contributed by atoms with E-state index in [0.717, 1.165) is 19.1 Å². The predicted molar refractivity (Wildman–Crippen MR) is 58.0 cm³/mol. The van der Waals surface area contributed by atoms with E-state index in [0.29, 0.717) is 6.54 Å². The monoisotopic (exact) mass is 234 g/mol. The predicted octanol–water partition coefficient (Wildman–Crippen LogP) is -0.725. The summed E-state index contributed by atoms with van der Waals surface area (Å²) in [5, 5.41) is 2.69. The number of hydrogen-bond donors (Lipinski definition) is 2. The van der Waals surface area contributed by atoms with E-state index in [4.69, 9.17) is 5.73 Å². The van der Waals surface area contributed by atoms with Gasteiger partial charge in [0.15, 0.2) is 0 Å². The molecule has 5 nitrogen and oxygen atoms in total. The second-order valence-corrected chi connectivity index (χ2v) is 6.64. The van der Waals surface area contributed by atoms with E-state index >= 15 is 0 Å². The van der Waals surface area contributed by atoms with E-state index in [9.17, 15) is 13.2 Å². The lowest BCUT2D eigenvalue weighted by Crippen LogP contribution is -2.43. The van der Waals surface area contributed by atoms with E-state index < -0.39 is 15.3 Å². The highest BCUT2D eigenvalue weighted by Gasteiger charge is 2.48. The van der Waals surface area contributed by atoms with Crippen molar-refractivity contribution in [1.29, 1.82) is 0 Å². The highest BCUT2D eigenvalue weighted by molar-refractivity contribution is 7.90. The van der Waals surface area contributed by atoms with Crippen LogP contribution in [0.25, 0.3) is 0 Å². The summed E-state index contributed by atoms with van der Waals surface area (Å²) >= 11 is 0. The van der Waals surface area contributed by atoms with E-state index in [1.165, 1.54) is 0 Å². The largest absolute Gasteiger partial charge is 0.352 e. The molecule has 0 bridgehead atoms. The van der Waals surface area contributed by atoms with Gasteiger partial charge in [0.25, 0.3) is 0 Å². The summed E-state index contributed by atoms with van der Waals surface area (Å²) in [5.74, 6) is -0.138. The third kappa shape index (κ3) is 3.46. The maximum absolute atomic E-state index is 11.7. The van der Waals surface area contributed by atoms with Crippen LogP contribution in [0.1, 0.15) is 19.8 Å². The summed E-state index contributed by atoms with van der Waals surface area (Å²) in [7, 11) is -3.05. The Morgan fingerprint density at radius 3 is 2.40 bits per heavy atom. The van der Waals surface area contributed by atoms with E-state index in [1.807, 2.05) is 0 Å². The Kier molecular flexibility index (Phi) is 3.40. The maximum Gasteiger partial charge on any atom is 0.227 e. The quantitative estimate of drug-likeness (QED) is 0.656. The molecule has 0 aromatic rings. The number of nitrogens with one attached hydrogen (secondary N) is 1. The van der Waals surface area contributed by atoms with E-state index in [1.54, 1.807) is 6.92 Å². The number of carbonyl (C=O) groups excluding carboxylic acids is 1. The van der Waals surface area contributed by atoms with Gasteiger partial charge in [-0.2, -0.15) is 0 Å². The molecule has 1 aliphatic rings. The summed E-state index contributed by atoms with van der Waals surface area (Å²) in [6.07, 6.45) is 2.77. The molecule has 1 fully saturated rings. The topological polar surface area (TPSA) is 89.3 Å². The smallest absolute Gasteiger partial charge is 0.227 e. The highest BCUT2D eigenvalue weighted by atomic mass is 32.2. The SMILES string of the molecule is CC(CS(C)(=O)=O)NC(=O)C1(CN)CC1. The van der Waals surface area contributed by atoms with Crippen molar-refractivity contribution in [1.82, 2.24) is 5.32 Å². The van der Waals surface area contributed by atoms with Crippen molar-refractivity contribution in [2.45, 2.75) is 25.8 Å². The normalized spacial score (nSPS) is 20.7. The van der Waals surface area contributed by atoms with E-state index in [-0.39, 0.29) is 17.7 Å². The van der Waals surface area contributed by atoms with Gasteiger partial charge in [-0.05, 0) is 19.8 Å². The molecule has 0 radical (unpaired) electrons. The third-order valence-corrected chi connectivity index (χ3v) is 3.76. The summed E-state index contributed by atoms with van der Waals surface area (Å²) in [5.41, 5.74) is 5.08. The Hall–Kier alpha value is -0.620. The van der Waals surface area contributed by atoms with Crippen LogP contribution in [0.5, 0.6) is 0 Å². The van der Waals surface area contributed by atoms with Crippen molar-refractivity contribution in [3.63, 3.8) is 0 Å². The molecule has 0 aromatic heterocycles. The molecule has 0 aliphatic heterocycles. The lowest BCUT2D eigenvalue weighted by Gasteiger charge is -2.17. The van der Waals surface area contributed by atoms with Gasteiger partial charge < -0.3 is 11.1 Å². The van der Waals surface area contributed by atoms with E-state index in [2.05, 4.69) is 5.32 Å². The van der Waals surface area contributed by atoms with Gasteiger partial charge in [-0.25, -0.2) is 8.42 Å². The number of nitrogens with two attached hydrogens (primary N) is 1. The summed E-state index contributed by atoms with van der Waals surface area (Å²) in [6, 6.07) is -0.350. The molecule has 3 N–H and O–H groups in total. The Balaban J connectivity index is 2.45. The molecule has 0 aromatic carbocycles. The average Bonchev–Trinajstić information content (AvgIpc) is 2.79. The van der Waals surface area contributed by atoms with Crippen LogP contribution in [-0.4, -0.2) is 38.9 Å². The molecule has 1 aliphatic carbocycles. The fraction of sp³-hybridized carbons (Fsp3) is 0.889. The second kappa shape index (κ2) is 4.09. The van der Waals surface area contributed by atoms with Crippen LogP contribution in [0, 0.1) is 5.41 Å². The zero-order chi connectivity index (χ0) is 11.7. The third-order valence-electron chi connectivity index (χ3n) is 2.66. The zero-order valence-electron chi connectivity index (χ0n) is 9.12. The molecular weight excluding hydrogens is 216 g/mol. The van der Waals surface area contributed by atoms with Gasteiger partial charge in [-0.15, -0.1) is 0 Å². The molecule has 1 amide bonds. The lowest BCUT2D eigenvalue weighted by molar-refractivity contribution is -0.126. The molecule has 0 heterocycles. The van der Waals surface area contributed by atoms with Gasteiger partial charge in [0, 0.05) is 18.8 Å². The van der Waals surface area contributed by atoms with Crippen LogP contribution in [0.2, 0.25) is 0 Å². The van der Waals surface area contributed by atoms with Gasteiger partial charge in [0.05, 0.1) is 11.2 Å². The van der Waals surface area contributed by atoms with Crippen molar-refractivity contribution in [3.05, 3.63) is 0 Å². The minimum Gasteiger partial charge on any atom is -0.352 e. The molecule has 0 spiro atoms. The Labute approximate surface area is 90.3 Å². The number of carbonyl (C=O) groups is 1. The van der Waals surface area contributed by atoms with Gasteiger partial charge >= 0.3 is 0 Å². The molecule has 0 saturated heterocycles. The van der Waals surface area contributed by atoms with Crippen LogP contribution < -0.4 is 11.1 Å². The zero-order valence-corrected chi connectivity index (χ0v) is 9.93. The molecule has 1 rings (SSSR count). The summed E-state index contributed by atoms with van der Waals surface area (Å²) in [4.78, 5) is 11.7. The number of hydrogen-bond acceptors (Lipinski definition) is 4. The first-order valence-electron chi connectivity index (χ1n) is 4.98. The minimum atomic E-state index is -3.05. The summed E-state index contributed by atoms with van der Waals surface area (Å²) in [6.45, 7) is 2.02. The minimum absolute atomic E-state index is 0.0284. The fourth-order valence-corrected chi connectivity index (χ4v) is 2.54. The molecule has 6 heteroatoms. The molecule has 1 atom stereocenters. The number of sulfone groups is 1. The van der Waals surface area contributed by atoms with Crippen molar-refractivity contribution in [3.8, 4) is 0 Å². The van der Waals surface area contributed by atoms with Crippen molar-refractivity contribution in [2.24, 2.45) is 11.1 Å². The molecule has 88 valence electrons. The lowest BCUT2D eigenvalue weighted by atomic mass is 10.1. The molecule has 15 heavy (non-hydrogen) atoms. The van der Waals surface area contributed by atoms with Gasteiger partial charge in [0.2, 0.25) is 5.91 Å². The number of rotatable bonds is 5. The van der Waals surface area contributed by atoms with Gasteiger partial charge in [0.1, 0.15) is 9.84 Å². The van der Waals surface area contributed by atoms with Crippen LogP contribution in [-0.2, 0) is 14.6 Å². The Morgan fingerprint density at radius 1 is 1.53 bits per heavy atom. The average molecular weight is 234 g/mol. The Bertz CT molecular complexity index is 346. The first-order valence-corrected chi connectivity index (χ1v) is 7.04. The summed E-state index contributed by atoms with van der Waals surface area (Å²) < 4.78 is 22.0. The van der Waals surface area contributed by atoms with Crippen LogP contribution >= 0.6 is 0 Å². The molecule has 1 unspecified atom stereocenters. The van der Waals surface area contributed by atoms with Crippen LogP contribution in [0.3, 0.4) is 0 Å². The number of amides is 1. The standard InChI is InChI=1S/C9H18N2O3S/c1-7(5-15(2,13)14)11-8(12)9(6-10)3-4-9/h7H,3-6,10H2,1-2H3,(H,11,12). The fourth-order valence-electron chi connectivity index (χ4n) is 1.55. The molecular formula is C9H18N2O3S. The Morgan fingerprint density at radius 2 is 2.07 bits per heavy atom. The van der Waals surface area contributed by atoms with Crippen molar-refractivity contribution in [2.75, 3.05) is 18.6 Å². The first kappa shape index (κ1) is 12.4. The van der Waals surface area contributed by atoms with Crippen molar-refractivity contribution >= 4 is 15.7 Å². The van der Waals surface area contributed by atoms with Crippen molar-refractivity contribution < 1.29 is 13.2 Å². The molecule has 1 saturated carbocycles. The van der Waals surface area contributed by atoms with Crippen LogP contribution in [0.4, 0.5) is 0 Å².